The number of hydrogen-bond donors (Lipinski definition) is 2. The summed E-state index contributed by atoms with van der Waals surface area (Å²) < 4.78 is 1.12. The predicted octanol–water partition coefficient (Wildman–Crippen LogP) is 1.88. The topological polar surface area (TPSA) is 64.7 Å². The molecule has 0 radical (unpaired) electrons. The average molecular weight is 379 g/mol. The van der Waals surface area contributed by atoms with Gasteiger partial charge >= 0.3 is 6.03 Å². The Bertz CT molecular complexity index is 824. The Morgan fingerprint density at radius 3 is 3.00 bits per heavy atom. The molecule has 3 heterocycles. The molecule has 2 fully saturated rings. The lowest BCUT2D eigenvalue weighted by atomic mass is 10.1. The molecule has 2 saturated heterocycles. The SMILES string of the molecule is O=C1NCCN2CCN(C(=O)NCc3sc4ccccc4c3Cl)C[C@H]12. The summed E-state index contributed by atoms with van der Waals surface area (Å²) in [5.41, 5.74) is 0. The fraction of sp³-hybridized carbons (Fsp3) is 0.412. The van der Waals surface area contributed by atoms with E-state index in [1.165, 1.54) is 0 Å². The van der Waals surface area contributed by atoms with Gasteiger partial charge in [0.25, 0.3) is 0 Å². The standard InChI is InChI=1S/C17H19ClN4O2S/c18-15-11-3-1-2-4-13(11)25-14(15)9-20-17(24)22-8-7-21-6-5-19-16(23)12(21)10-22/h1-4,12H,5-10H2,(H,19,23)(H,20,24)/t12-/m1/s1. The van der Waals surface area contributed by atoms with E-state index in [1.807, 2.05) is 24.3 Å². The number of nitrogens with one attached hydrogen (secondary N) is 2. The van der Waals surface area contributed by atoms with E-state index in [0.29, 0.717) is 31.2 Å². The van der Waals surface area contributed by atoms with Gasteiger partial charge in [-0.1, -0.05) is 29.8 Å². The Labute approximate surface area is 154 Å². The highest BCUT2D eigenvalue weighted by Gasteiger charge is 2.36. The maximum Gasteiger partial charge on any atom is 0.317 e. The first-order valence-corrected chi connectivity index (χ1v) is 9.53. The molecule has 0 saturated carbocycles. The van der Waals surface area contributed by atoms with Gasteiger partial charge in [0, 0.05) is 47.7 Å². The summed E-state index contributed by atoms with van der Waals surface area (Å²) in [5, 5.41) is 7.53. The van der Waals surface area contributed by atoms with E-state index in [2.05, 4.69) is 15.5 Å². The largest absolute Gasteiger partial charge is 0.353 e. The van der Waals surface area contributed by atoms with E-state index in [4.69, 9.17) is 11.6 Å². The van der Waals surface area contributed by atoms with E-state index in [-0.39, 0.29) is 18.0 Å². The number of piperazine rings is 2. The number of benzene rings is 1. The van der Waals surface area contributed by atoms with Crippen LogP contribution in [0.25, 0.3) is 10.1 Å². The van der Waals surface area contributed by atoms with E-state index >= 15 is 0 Å². The second-order valence-electron chi connectivity index (χ2n) is 6.28. The number of carbonyl (C=O) groups excluding carboxylic acids is 2. The first kappa shape index (κ1) is 16.6. The average Bonchev–Trinajstić information content (AvgIpc) is 2.96. The van der Waals surface area contributed by atoms with E-state index in [1.54, 1.807) is 16.2 Å². The van der Waals surface area contributed by atoms with Crippen molar-refractivity contribution in [3.63, 3.8) is 0 Å². The second-order valence-corrected chi connectivity index (χ2v) is 7.80. The van der Waals surface area contributed by atoms with Crippen molar-refractivity contribution in [2.45, 2.75) is 12.6 Å². The fourth-order valence-corrected chi connectivity index (χ4v) is 4.85. The molecule has 3 amide bonds. The van der Waals surface area contributed by atoms with Gasteiger partial charge in [-0.25, -0.2) is 4.79 Å². The van der Waals surface area contributed by atoms with Crippen molar-refractivity contribution >= 4 is 45.0 Å². The Morgan fingerprint density at radius 1 is 1.32 bits per heavy atom. The highest BCUT2D eigenvalue weighted by molar-refractivity contribution is 7.19. The quantitative estimate of drug-likeness (QED) is 0.838. The minimum Gasteiger partial charge on any atom is -0.353 e. The van der Waals surface area contributed by atoms with Crippen molar-refractivity contribution in [1.82, 2.24) is 20.4 Å². The molecular weight excluding hydrogens is 360 g/mol. The molecule has 0 aliphatic carbocycles. The van der Waals surface area contributed by atoms with Crippen molar-refractivity contribution in [3.05, 3.63) is 34.2 Å². The van der Waals surface area contributed by atoms with E-state index in [9.17, 15) is 9.59 Å². The molecule has 132 valence electrons. The third kappa shape index (κ3) is 3.19. The molecule has 0 unspecified atom stereocenters. The van der Waals surface area contributed by atoms with Gasteiger partial charge in [-0.2, -0.15) is 0 Å². The number of carbonyl (C=O) groups is 2. The molecule has 0 bridgehead atoms. The summed E-state index contributed by atoms with van der Waals surface area (Å²) >= 11 is 8.02. The molecule has 1 aromatic carbocycles. The van der Waals surface area contributed by atoms with Crippen LogP contribution in [0, 0.1) is 0 Å². The van der Waals surface area contributed by atoms with Gasteiger partial charge in [-0.05, 0) is 6.07 Å². The maximum atomic E-state index is 12.5. The molecule has 2 aliphatic rings. The number of fused-ring (bicyclic) bond motifs is 2. The summed E-state index contributed by atoms with van der Waals surface area (Å²) in [6, 6.07) is 7.57. The summed E-state index contributed by atoms with van der Waals surface area (Å²) in [5.74, 6) is 0.0105. The van der Waals surface area contributed by atoms with Crippen molar-refractivity contribution in [1.29, 1.82) is 0 Å². The van der Waals surface area contributed by atoms with Gasteiger partial charge in [-0.3, -0.25) is 9.69 Å². The molecule has 1 aromatic heterocycles. The van der Waals surface area contributed by atoms with Crippen LogP contribution in [0.5, 0.6) is 0 Å². The molecule has 2 aliphatic heterocycles. The number of hydrogen-bond acceptors (Lipinski definition) is 4. The number of halogens is 1. The normalized spacial score (nSPS) is 21.1. The zero-order valence-electron chi connectivity index (χ0n) is 13.6. The maximum absolute atomic E-state index is 12.5. The molecule has 1 atom stereocenters. The van der Waals surface area contributed by atoms with Crippen LogP contribution in [0.15, 0.2) is 24.3 Å². The number of nitrogens with zero attached hydrogens (tertiary/aromatic N) is 2. The second kappa shape index (κ2) is 6.82. The Balaban J connectivity index is 1.40. The summed E-state index contributed by atoms with van der Waals surface area (Å²) in [6.07, 6.45) is 0. The van der Waals surface area contributed by atoms with Crippen LogP contribution in [0.4, 0.5) is 4.79 Å². The first-order valence-electron chi connectivity index (χ1n) is 8.34. The smallest absolute Gasteiger partial charge is 0.317 e. The summed E-state index contributed by atoms with van der Waals surface area (Å²) in [4.78, 5) is 29.3. The molecule has 25 heavy (non-hydrogen) atoms. The van der Waals surface area contributed by atoms with Gasteiger partial charge in [0.05, 0.1) is 11.6 Å². The first-order chi connectivity index (χ1) is 12.1. The number of thiophene rings is 1. The van der Waals surface area contributed by atoms with Crippen LogP contribution in [0.2, 0.25) is 5.02 Å². The van der Waals surface area contributed by atoms with Crippen LogP contribution in [0.3, 0.4) is 0 Å². The zero-order valence-corrected chi connectivity index (χ0v) is 15.2. The van der Waals surface area contributed by atoms with Gasteiger partial charge in [0.1, 0.15) is 6.04 Å². The van der Waals surface area contributed by atoms with Crippen LogP contribution in [-0.4, -0.2) is 60.5 Å². The predicted molar refractivity (Wildman–Crippen MR) is 99.0 cm³/mol. The number of amides is 3. The Hall–Kier alpha value is -1.83. The summed E-state index contributed by atoms with van der Waals surface area (Å²) in [6.45, 7) is 3.73. The van der Waals surface area contributed by atoms with E-state index < -0.39 is 0 Å². The summed E-state index contributed by atoms with van der Waals surface area (Å²) in [7, 11) is 0. The highest BCUT2D eigenvalue weighted by Crippen LogP contribution is 2.34. The van der Waals surface area contributed by atoms with Crippen LogP contribution < -0.4 is 10.6 Å². The van der Waals surface area contributed by atoms with Crippen molar-refractivity contribution in [2.75, 3.05) is 32.7 Å². The molecule has 2 N–H and O–H groups in total. The van der Waals surface area contributed by atoms with Gasteiger partial charge in [0.15, 0.2) is 0 Å². The third-order valence-corrected chi connectivity index (χ3v) is 6.50. The Morgan fingerprint density at radius 2 is 2.16 bits per heavy atom. The minimum absolute atomic E-state index is 0.0105. The van der Waals surface area contributed by atoms with Crippen molar-refractivity contribution < 1.29 is 9.59 Å². The third-order valence-electron chi connectivity index (χ3n) is 4.78. The van der Waals surface area contributed by atoms with Crippen LogP contribution in [-0.2, 0) is 11.3 Å². The van der Waals surface area contributed by atoms with Crippen molar-refractivity contribution in [3.8, 4) is 0 Å². The molecular formula is C17H19ClN4O2S. The molecule has 0 spiro atoms. The van der Waals surface area contributed by atoms with Gasteiger partial charge in [0.2, 0.25) is 5.91 Å². The highest BCUT2D eigenvalue weighted by atomic mass is 35.5. The monoisotopic (exact) mass is 378 g/mol. The van der Waals surface area contributed by atoms with E-state index in [0.717, 1.165) is 28.1 Å². The van der Waals surface area contributed by atoms with Gasteiger partial charge in [-0.15, -0.1) is 11.3 Å². The molecule has 6 nitrogen and oxygen atoms in total. The minimum atomic E-state index is -0.235. The zero-order chi connectivity index (χ0) is 17.4. The molecule has 4 rings (SSSR count). The molecule has 8 heteroatoms. The van der Waals surface area contributed by atoms with Crippen molar-refractivity contribution in [2.24, 2.45) is 0 Å². The van der Waals surface area contributed by atoms with Crippen LogP contribution >= 0.6 is 22.9 Å². The lowest BCUT2D eigenvalue weighted by Gasteiger charge is -2.42. The number of urea groups is 1. The lowest BCUT2D eigenvalue weighted by molar-refractivity contribution is -0.131. The van der Waals surface area contributed by atoms with Crippen LogP contribution in [0.1, 0.15) is 4.88 Å². The Kier molecular flexibility index (Phi) is 4.54. The molecule has 2 aromatic rings. The van der Waals surface area contributed by atoms with Gasteiger partial charge < -0.3 is 15.5 Å². The lowest BCUT2D eigenvalue weighted by Crippen LogP contribution is -2.65. The fourth-order valence-electron chi connectivity index (χ4n) is 3.41. The number of rotatable bonds is 2.